The molecular formula is C28H33ClN2O4S. The number of carboxylic acid groups (broad SMARTS) is 1. The number of carboxylic acids is 1. The SMILES string of the molecule is COc1ccc2ncc(Cl)c([C@H](O)CCC3(C(=O)O)CCN(CCCSc4ccccc4)CC3)c2c1. The van der Waals surface area contributed by atoms with Crippen LogP contribution in [0.2, 0.25) is 5.02 Å². The molecule has 6 nitrogen and oxygen atoms in total. The normalized spacial score (nSPS) is 16.6. The number of piperidine rings is 1. The molecule has 192 valence electrons. The number of ether oxygens (including phenoxy) is 1. The first-order valence-corrected chi connectivity index (χ1v) is 13.7. The Labute approximate surface area is 221 Å². The molecule has 0 amide bonds. The highest BCUT2D eigenvalue weighted by atomic mass is 35.5. The lowest BCUT2D eigenvalue weighted by Gasteiger charge is -2.39. The van der Waals surface area contributed by atoms with Crippen molar-refractivity contribution in [3.63, 3.8) is 0 Å². The fraction of sp³-hybridized carbons (Fsp3) is 0.429. The number of benzene rings is 2. The van der Waals surface area contributed by atoms with Crippen molar-refractivity contribution in [1.82, 2.24) is 9.88 Å². The number of aliphatic hydroxyl groups excluding tert-OH is 1. The third-order valence-electron chi connectivity index (χ3n) is 7.20. The molecule has 1 aliphatic heterocycles. The van der Waals surface area contributed by atoms with Crippen LogP contribution in [0.5, 0.6) is 5.75 Å². The first kappa shape index (κ1) is 26.7. The Balaban J connectivity index is 1.34. The molecule has 1 atom stereocenters. The number of rotatable bonds is 11. The number of thioether (sulfide) groups is 1. The third-order valence-corrected chi connectivity index (χ3v) is 8.59. The van der Waals surface area contributed by atoms with E-state index in [1.165, 1.54) is 11.1 Å². The number of hydrogen-bond acceptors (Lipinski definition) is 6. The lowest BCUT2D eigenvalue weighted by Crippen LogP contribution is -2.44. The molecule has 36 heavy (non-hydrogen) atoms. The van der Waals surface area contributed by atoms with Crippen molar-refractivity contribution < 1.29 is 19.7 Å². The zero-order valence-corrected chi connectivity index (χ0v) is 22.1. The second-order valence-electron chi connectivity index (χ2n) is 9.40. The molecule has 1 aromatic heterocycles. The van der Waals surface area contributed by atoms with E-state index in [-0.39, 0.29) is 0 Å². The van der Waals surface area contributed by atoms with E-state index in [2.05, 4.69) is 34.1 Å². The lowest BCUT2D eigenvalue weighted by molar-refractivity contribution is -0.153. The molecule has 0 saturated carbocycles. The Hall–Kier alpha value is -2.32. The number of aromatic nitrogens is 1. The zero-order valence-electron chi connectivity index (χ0n) is 20.5. The number of fused-ring (bicyclic) bond motifs is 1. The Bertz CT molecular complexity index is 1170. The number of hydrogen-bond donors (Lipinski definition) is 2. The molecule has 1 aliphatic rings. The van der Waals surface area contributed by atoms with E-state index < -0.39 is 17.5 Å². The van der Waals surface area contributed by atoms with Crippen LogP contribution in [0.15, 0.2) is 59.6 Å². The summed E-state index contributed by atoms with van der Waals surface area (Å²) in [7, 11) is 1.58. The van der Waals surface area contributed by atoms with Crippen LogP contribution in [-0.4, -0.2) is 58.6 Å². The number of carbonyl (C=O) groups is 1. The molecular weight excluding hydrogens is 496 g/mol. The van der Waals surface area contributed by atoms with Crippen LogP contribution in [0.3, 0.4) is 0 Å². The first-order valence-electron chi connectivity index (χ1n) is 12.4. The summed E-state index contributed by atoms with van der Waals surface area (Å²) in [6.45, 7) is 2.49. The number of pyridine rings is 1. The summed E-state index contributed by atoms with van der Waals surface area (Å²) >= 11 is 8.30. The highest BCUT2D eigenvalue weighted by Crippen LogP contribution is 2.41. The summed E-state index contributed by atoms with van der Waals surface area (Å²) in [5.74, 6) is 0.917. The molecule has 0 radical (unpaired) electrons. The minimum atomic E-state index is -0.889. The molecule has 0 bridgehead atoms. The van der Waals surface area contributed by atoms with E-state index >= 15 is 0 Å². The van der Waals surface area contributed by atoms with Crippen LogP contribution in [-0.2, 0) is 4.79 Å². The van der Waals surface area contributed by atoms with Crippen molar-refractivity contribution in [1.29, 1.82) is 0 Å². The van der Waals surface area contributed by atoms with Gasteiger partial charge in [0.1, 0.15) is 5.75 Å². The molecule has 0 spiro atoms. The predicted molar refractivity (Wildman–Crippen MR) is 145 cm³/mol. The van der Waals surface area contributed by atoms with Gasteiger partial charge < -0.3 is 19.8 Å². The molecule has 1 fully saturated rings. The Kier molecular flexibility index (Phi) is 9.12. The van der Waals surface area contributed by atoms with E-state index in [9.17, 15) is 15.0 Å². The van der Waals surface area contributed by atoms with Crippen LogP contribution in [0, 0.1) is 5.41 Å². The van der Waals surface area contributed by atoms with E-state index in [0.29, 0.717) is 47.5 Å². The summed E-state index contributed by atoms with van der Waals surface area (Å²) < 4.78 is 5.33. The van der Waals surface area contributed by atoms with Crippen LogP contribution >= 0.6 is 23.4 Å². The van der Waals surface area contributed by atoms with Gasteiger partial charge in [-0.15, -0.1) is 11.8 Å². The standard InChI is InChI=1S/C28H33ClN2O4S/c1-35-20-8-9-24-22(18-20)26(23(29)19-30-24)25(32)10-11-28(27(33)34)12-15-31(16-13-28)14-5-17-36-21-6-3-2-4-7-21/h2-4,6-9,18-19,25,32H,5,10-17H2,1H3,(H,33,34)/t25-/m1/s1. The van der Waals surface area contributed by atoms with Crippen LogP contribution in [0.1, 0.15) is 43.8 Å². The molecule has 2 N–H and O–H groups in total. The summed E-state index contributed by atoms with van der Waals surface area (Å²) in [6, 6.07) is 15.8. The van der Waals surface area contributed by atoms with Gasteiger partial charge in [-0.1, -0.05) is 29.8 Å². The van der Waals surface area contributed by atoms with Gasteiger partial charge in [-0.3, -0.25) is 9.78 Å². The van der Waals surface area contributed by atoms with Crippen LogP contribution in [0.4, 0.5) is 0 Å². The molecule has 1 saturated heterocycles. The van der Waals surface area contributed by atoms with Gasteiger partial charge in [0.25, 0.3) is 0 Å². The van der Waals surface area contributed by atoms with Gasteiger partial charge >= 0.3 is 5.97 Å². The maximum Gasteiger partial charge on any atom is 0.309 e. The van der Waals surface area contributed by atoms with Crippen molar-refractivity contribution in [3.05, 3.63) is 65.3 Å². The Morgan fingerprint density at radius 1 is 1.22 bits per heavy atom. The molecule has 0 aliphatic carbocycles. The Morgan fingerprint density at radius 3 is 2.67 bits per heavy atom. The smallest absolute Gasteiger partial charge is 0.309 e. The first-order chi connectivity index (χ1) is 17.4. The lowest BCUT2D eigenvalue weighted by atomic mass is 9.74. The fourth-order valence-electron chi connectivity index (χ4n) is 4.96. The fourth-order valence-corrected chi connectivity index (χ4v) is 6.10. The number of aliphatic hydroxyl groups is 1. The molecule has 3 aromatic rings. The summed E-state index contributed by atoms with van der Waals surface area (Å²) in [6.07, 6.45) is 3.59. The monoisotopic (exact) mass is 528 g/mol. The van der Waals surface area contributed by atoms with Gasteiger partial charge in [-0.25, -0.2) is 0 Å². The Morgan fingerprint density at radius 2 is 1.97 bits per heavy atom. The minimum absolute atomic E-state index is 0.316. The van der Waals surface area contributed by atoms with Gasteiger partial charge in [-0.2, -0.15) is 0 Å². The molecule has 2 heterocycles. The maximum atomic E-state index is 12.4. The quantitative estimate of drug-likeness (QED) is 0.231. The number of nitrogens with zero attached hydrogens (tertiary/aromatic N) is 2. The number of likely N-dealkylation sites (tertiary alicyclic amines) is 1. The molecule has 8 heteroatoms. The second-order valence-corrected chi connectivity index (χ2v) is 11.0. The van der Waals surface area contributed by atoms with Crippen molar-refractivity contribution in [2.75, 3.05) is 32.5 Å². The van der Waals surface area contributed by atoms with Crippen LogP contribution < -0.4 is 4.74 Å². The molecule has 4 rings (SSSR count). The maximum absolute atomic E-state index is 12.4. The molecule has 0 unspecified atom stereocenters. The number of aliphatic carboxylic acids is 1. The molecule has 2 aromatic carbocycles. The van der Waals surface area contributed by atoms with Gasteiger partial charge in [0.15, 0.2) is 0 Å². The summed E-state index contributed by atoms with van der Waals surface area (Å²) in [4.78, 5) is 20.3. The van der Waals surface area contributed by atoms with Gasteiger partial charge in [0, 0.05) is 22.0 Å². The van der Waals surface area contributed by atoms with Gasteiger partial charge in [0.05, 0.1) is 29.2 Å². The van der Waals surface area contributed by atoms with E-state index in [1.54, 1.807) is 7.11 Å². The van der Waals surface area contributed by atoms with E-state index in [1.807, 2.05) is 36.0 Å². The van der Waals surface area contributed by atoms with Crippen LogP contribution in [0.25, 0.3) is 10.9 Å². The predicted octanol–water partition coefficient (Wildman–Crippen LogP) is 6.06. The van der Waals surface area contributed by atoms with Gasteiger partial charge in [0.2, 0.25) is 0 Å². The van der Waals surface area contributed by atoms with Crippen molar-refractivity contribution >= 4 is 40.2 Å². The van der Waals surface area contributed by atoms with Crippen molar-refractivity contribution in [3.8, 4) is 5.75 Å². The second kappa shape index (κ2) is 12.3. The summed E-state index contributed by atoms with van der Waals surface area (Å²) in [5, 5.41) is 22.4. The summed E-state index contributed by atoms with van der Waals surface area (Å²) in [5.41, 5.74) is 0.457. The number of halogens is 1. The third kappa shape index (κ3) is 6.32. The van der Waals surface area contributed by atoms with E-state index in [0.717, 1.165) is 37.2 Å². The average molecular weight is 529 g/mol. The van der Waals surface area contributed by atoms with Crippen molar-refractivity contribution in [2.45, 2.75) is 43.1 Å². The largest absolute Gasteiger partial charge is 0.497 e. The van der Waals surface area contributed by atoms with E-state index in [4.69, 9.17) is 16.3 Å². The number of methoxy groups -OCH3 is 1. The zero-order chi connectivity index (χ0) is 25.5. The van der Waals surface area contributed by atoms with Crippen molar-refractivity contribution in [2.24, 2.45) is 5.41 Å². The average Bonchev–Trinajstić information content (AvgIpc) is 2.90. The minimum Gasteiger partial charge on any atom is -0.497 e. The topological polar surface area (TPSA) is 82.9 Å². The highest BCUT2D eigenvalue weighted by molar-refractivity contribution is 7.99. The van der Waals surface area contributed by atoms with Gasteiger partial charge in [-0.05, 0) is 87.8 Å². The highest BCUT2D eigenvalue weighted by Gasteiger charge is 2.41.